The molecule has 0 aromatic heterocycles. The number of amides is 2. The zero-order chi connectivity index (χ0) is 14.8. The van der Waals surface area contributed by atoms with E-state index in [0.717, 1.165) is 17.9 Å². The molecule has 0 saturated heterocycles. The highest BCUT2D eigenvalue weighted by Crippen LogP contribution is 2.08. The summed E-state index contributed by atoms with van der Waals surface area (Å²) in [5, 5.41) is 3.87. The lowest BCUT2D eigenvalue weighted by Gasteiger charge is -2.23. The van der Waals surface area contributed by atoms with Crippen LogP contribution in [0.2, 0.25) is 0 Å². The van der Waals surface area contributed by atoms with E-state index < -0.39 is 6.09 Å². The van der Waals surface area contributed by atoms with Gasteiger partial charge in [0, 0.05) is 19.5 Å². The third-order valence-corrected chi connectivity index (χ3v) is 2.86. The van der Waals surface area contributed by atoms with Crippen LogP contribution in [0.4, 0.5) is 4.79 Å². The predicted molar refractivity (Wildman–Crippen MR) is 72.4 cm³/mol. The molecule has 0 aliphatic rings. The van der Waals surface area contributed by atoms with Crippen molar-refractivity contribution in [2.24, 2.45) is 5.92 Å². The number of hydrogen-bond donors (Lipinski definition) is 1. The minimum absolute atomic E-state index is 0.132. The normalized spacial score (nSPS) is 12.1. The second kappa shape index (κ2) is 9.61. The number of nitrogens with zero attached hydrogens (tertiary/aromatic N) is 1. The maximum absolute atomic E-state index is 11.7. The average Bonchev–Trinajstić information content (AvgIpc) is 2.36. The summed E-state index contributed by atoms with van der Waals surface area (Å²) in [6.07, 6.45) is 1.52. The number of carbonyl (C=O) groups excluding carboxylic acids is 2. The van der Waals surface area contributed by atoms with Gasteiger partial charge in [0.1, 0.15) is 0 Å². The van der Waals surface area contributed by atoms with Gasteiger partial charge >= 0.3 is 6.09 Å². The van der Waals surface area contributed by atoms with E-state index >= 15 is 0 Å². The second-order valence-corrected chi connectivity index (χ2v) is 4.76. The summed E-state index contributed by atoms with van der Waals surface area (Å²) < 4.78 is 5.03. The zero-order valence-electron chi connectivity index (χ0n) is 12.6. The van der Waals surface area contributed by atoms with Crippen molar-refractivity contribution < 1.29 is 19.2 Å². The highest BCUT2D eigenvalue weighted by Gasteiger charge is 2.22. The van der Waals surface area contributed by atoms with Crippen molar-refractivity contribution in [3.8, 4) is 0 Å². The van der Waals surface area contributed by atoms with Crippen LogP contribution in [0, 0.1) is 5.92 Å². The summed E-state index contributed by atoms with van der Waals surface area (Å²) in [4.78, 5) is 28.1. The Balaban J connectivity index is 4.26. The molecule has 0 aromatic carbocycles. The molecular weight excluding hydrogens is 248 g/mol. The molecule has 19 heavy (non-hydrogen) atoms. The Morgan fingerprint density at radius 3 is 2.42 bits per heavy atom. The fourth-order valence-electron chi connectivity index (χ4n) is 1.37. The first-order valence-corrected chi connectivity index (χ1v) is 6.66. The smallest absolute Gasteiger partial charge is 0.407 e. The van der Waals surface area contributed by atoms with Crippen LogP contribution in [0.3, 0.4) is 0 Å². The number of rotatable bonds is 8. The standard InChI is InChI=1S/C13H26N2O4/c1-6-7-8-19-13(17)14-11(10(2)3)9-12(16)15(4)18-5/h10-11H,6-9H2,1-5H3,(H,14,17). The van der Waals surface area contributed by atoms with Crippen molar-refractivity contribution in [2.45, 2.75) is 46.1 Å². The van der Waals surface area contributed by atoms with Crippen molar-refractivity contribution in [2.75, 3.05) is 20.8 Å². The van der Waals surface area contributed by atoms with E-state index in [1.807, 2.05) is 20.8 Å². The number of alkyl carbamates (subject to hydrolysis) is 1. The molecule has 0 aliphatic heterocycles. The summed E-state index contributed by atoms with van der Waals surface area (Å²) in [5.41, 5.74) is 0. The number of ether oxygens (including phenoxy) is 1. The SMILES string of the molecule is CCCCOC(=O)NC(CC(=O)N(C)OC)C(C)C. The Labute approximate surface area is 115 Å². The van der Waals surface area contributed by atoms with Gasteiger partial charge in [-0.15, -0.1) is 0 Å². The number of hydrogen-bond acceptors (Lipinski definition) is 4. The molecule has 0 saturated carbocycles. The number of nitrogens with one attached hydrogen (secondary N) is 1. The molecule has 6 heteroatoms. The van der Waals surface area contributed by atoms with Gasteiger partial charge < -0.3 is 10.1 Å². The maximum Gasteiger partial charge on any atom is 0.407 e. The van der Waals surface area contributed by atoms with Crippen LogP contribution >= 0.6 is 0 Å². The lowest BCUT2D eigenvalue weighted by atomic mass is 10.0. The van der Waals surface area contributed by atoms with E-state index in [9.17, 15) is 9.59 Å². The molecule has 6 nitrogen and oxygen atoms in total. The third kappa shape index (κ3) is 7.66. The van der Waals surface area contributed by atoms with E-state index in [1.54, 1.807) is 7.05 Å². The van der Waals surface area contributed by atoms with Gasteiger partial charge in [0.15, 0.2) is 0 Å². The largest absolute Gasteiger partial charge is 0.450 e. The monoisotopic (exact) mass is 274 g/mol. The van der Waals surface area contributed by atoms with Crippen molar-refractivity contribution in [1.82, 2.24) is 10.4 Å². The topological polar surface area (TPSA) is 67.9 Å². The molecule has 0 spiro atoms. The maximum atomic E-state index is 11.7. The molecule has 0 heterocycles. The molecule has 1 atom stereocenters. The van der Waals surface area contributed by atoms with Gasteiger partial charge in [0.2, 0.25) is 5.91 Å². The molecular formula is C13H26N2O4. The van der Waals surface area contributed by atoms with Gasteiger partial charge in [-0.1, -0.05) is 27.2 Å². The highest BCUT2D eigenvalue weighted by molar-refractivity contribution is 5.76. The number of carbonyl (C=O) groups is 2. The Bertz CT molecular complexity index is 282. The van der Waals surface area contributed by atoms with Gasteiger partial charge in [-0.05, 0) is 12.3 Å². The predicted octanol–water partition coefficient (Wildman–Crippen LogP) is 1.95. The van der Waals surface area contributed by atoms with E-state index in [-0.39, 0.29) is 24.3 Å². The molecule has 1 N–H and O–H groups in total. The molecule has 1 unspecified atom stereocenters. The zero-order valence-corrected chi connectivity index (χ0v) is 12.6. The Morgan fingerprint density at radius 1 is 1.32 bits per heavy atom. The fraction of sp³-hybridized carbons (Fsp3) is 0.846. The molecule has 0 radical (unpaired) electrons. The van der Waals surface area contributed by atoms with Gasteiger partial charge in [0.25, 0.3) is 0 Å². The molecule has 0 aliphatic carbocycles. The van der Waals surface area contributed by atoms with E-state index in [1.165, 1.54) is 7.11 Å². The molecule has 0 aromatic rings. The molecule has 0 bridgehead atoms. The summed E-state index contributed by atoms with van der Waals surface area (Å²) in [6, 6.07) is -0.265. The van der Waals surface area contributed by atoms with Crippen LogP contribution in [0.1, 0.15) is 40.0 Å². The van der Waals surface area contributed by atoms with Crippen molar-refractivity contribution in [1.29, 1.82) is 0 Å². The van der Waals surface area contributed by atoms with Crippen LogP contribution in [-0.2, 0) is 14.4 Å². The molecule has 0 fully saturated rings. The van der Waals surface area contributed by atoms with Crippen molar-refractivity contribution >= 4 is 12.0 Å². The van der Waals surface area contributed by atoms with Crippen molar-refractivity contribution in [3.63, 3.8) is 0 Å². The Morgan fingerprint density at radius 2 is 1.95 bits per heavy atom. The minimum Gasteiger partial charge on any atom is -0.450 e. The summed E-state index contributed by atoms with van der Waals surface area (Å²) >= 11 is 0. The van der Waals surface area contributed by atoms with Crippen LogP contribution < -0.4 is 5.32 Å². The van der Waals surface area contributed by atoms with Gasteiger partial charge in [-0.2, -0.15) is 0 Å². The van der Waals surface area contributed by atoms with Crippen molar-refractivity contribution in [3.05, 3.63) is 0 Å². The first-order chi connectivity index (χ1) is 8.92. The Kier molecular flexibility index (Phi) is 8.95. The van der Waals surface area contributed by atoms with E-state index in [4.69, 9.17) is 9.57 Å². The van der Waals surface area contributed by atoms with E-state index in [2.05, 4.69) is 5.32 Å². The number of hydroxylamine groups is 2. The summed E-state index contributed by atoms with van der Waals surface area (Å²) in [6.45, 7) is 6.31. The quantitative estimate of drug-likeness (QED) is 0.542. The summed E-state index contributed by atoms with van der Waals surface area (Å²) in [5.74, 6) is -0.0528. The lowest BCUT2D eigenvalue weighted by molar-refractivity contribution is -0.169. The number of unbranched alkanes of at least 4 members (excludes halogenated alkanes) is 1. The molecule has 112 valence electrons. The van der Waals surface area contributed by atoms with Crippen LogP contribution in [-0.4, -0.2) is 43.9 Å². The first-order valence-electron chi connectivity index (χ1n) is 6.66. The van der Waals surface area contributed by atoms with E-state index in [0.29, 0.717) is 6.61 Å². The average molecular weight is 274 g/mol. The third-order valence-electron chi connectivity index (χ3n) is 2.86. The van der Waals surface area contributed by atoms with Gasteiger partial charge in [0.05, 0.1) is 13.7 Å². The van der Waals surface area contributed by atoms with Crippen LogP contribution in [0.15, 0.2) is 0 Å². The van der Waals surface area contributed by atoms with Gasteiger partial charge in [-0.25, -0.2) is 9.86 Å². The summed E-state index contributed by atoms with van der Waals surface area (Å²) in [7, 11) is 2.97. The van der Waals surface area contributed by atoms with Crippen LogP contribution in [0.5, 0.6) is 0 Å². The first kappa shape index (κ1) is 17.7. The second-order valence-electron chi connectivity index (χ2n) is 4.76. The molecule has 2 amide bonds. The van der Waals surface area contributed by atoms with Crippen LogP contribution in [0.25, 0.3) is 0 Å². The molecule has 0 rings (SSSR count). The fourth-order valence-corrected chi connectivity index (χ4v) is 1.37. The minimum atomic E-state index is -0.472. The lowest BCUT2D eigenvalue weighted by Crippen LogP contribution is -2.42. The van der Waals surface area contributed by atoms with Gasteiger partial charge in [-0.3, -0.25) is 9.63 Å². The Hall–Kier alpha value is -1.30. The highest BCUT2D eigenvalue weighted by atomic mass is 16.7.